The number of H-pyrrole nitrogens is 2. The van der Waals surface area contributed by atoms with Crippen molar-refractivity contribution in [2.24, 2.45) is 0 Å². The molecule has 1 aromatic carbocycles. The number of hydrogen-bond acceptors (Lipinski definition) is 2. The van der Waals surface area contributed by atoms with Crippen LogP contribution < -0.4 is 10.3 Å². The molecule has 2 rings (SSSR count). The van der Waals surface area contributed by atoms with E-state index in [0.29, 0.717) is 18.1 Å². The van der Waals surface area contributed by atoms with Crippen LogP contribution in [0.15, 0.2) is 35.1 Å². The maximum absolute atomic E-state index is 11.5. The highest BCUT2D eigenvalue weighted by Gasteiger charge is 2.12. The van der Waals surface area contributed by atoms with E-state index in [1.54, 1.807) is 0 Å². The van der Waals surface area contributed by atoms with Gasteiger partial charge in [0.25, 0.3) is 5.56 Å². The highest BCUT2D eigenvalue weighted by atomic mass is 16.5. The molecular formula is C11H12N2O2. The first-order chi connectivity index (χ1) is 7.33. The van der Waals surface area contributed by atoms with Crippen LogP contribution in [-0.2, 0) is 0 Å². The molecular weight excluding hydrogens is 192 g/mol. The molecule has 0 aliphatic carbocycles. The number of nitrogens with one attached hydrogen (secondary N) is 2. The molecule has 2 N–H and O–H groups in total. The second kappa shape index (κ2) is 4.04. The lowest BCUT2D eigenvalue weighted by Gasteiger charge is -2.02. The van der Waals surface area contributed by atoms with Gasteiger partial charge in [0, 0.05) is 0 Å². The molecule has 0 amide bonds. The lowest BCUT2D eigenvalue weighted by Crippen LogP contribution is -2.02. The first kappa shape index (κ1) is 9.58. The van der Waals surface area contributed by atoms with Crippen molar-refractivity contribution in [3.63, 3.8) is 0 Å². The van der Waals surface area contributed by atoms with Crippen LogP contribution in [0.5, 0.6) is 5.88 Å². The monoisotopic (exact) mass is 204 g/mol. The van der Waals surface area contributed by atoms with E-state index in [1.807, 2.05) is 37.3 Å². The average Bonchev–Trinajstić information content (AvgIpc) is 2.62. The molecule has 0 saturated heterocycles. The Hall–Kier alpha value is -1.97. The second-order valence-electron chi connectivity index (χ2n) is 3.08. The molecule has 0 saturated carbocycles. The second-order valence-corrected chi connectivity index (χ2v) is 3.08. The van der Waals surface area contributed by atoms with E-state index in [4.69, 9.17) is 4.74 Å². The summed E-state index contributed by atoms with van der Waals surface area (Å²) in [4.78, 5) is 11.5. The molecule has 0 radical (unpaired) electrons. The topological polar surface area (TPSA) is 57.9 Å². The number of hydrogen-bond donors (Lipinski definition) is 2. The van der Waals surface area contributed by atoms with Crippen molar-refractivity contribution in [3.05, 3.63) is 40.7 Å². The lowest BCUT2D eigenvalue weighted by molar-refractivity contribution is 0.327. The van der Waals surface area contributed by atoms with Gasteiger partial charge in [-0.2, -0.15) is 0 Å². The van der Waals surface area contributed by atoms with Crippen LogP contribution in [0, 0.1) is 0 Å². The smallest absolute Gasteiger partial charge is 0.275 e. The van der Waals surface area contributed by atoms with Crippen molar-refractivity contribution in [1.29, 1.82) is 0 Å². The van der Waals surface area contributed by atoms with Crippen LogP contribution >= 0.6 is 0 Å². The largest absolute Gasteiger partial charge is 0.478 e. The Bertz CT molecular complexity index is 485. The molecule has 0 aliphatic rings. The third kappa shape index (κ3) is 1.79. The summed E-state index contributed by atoms with van der Waals surface area (Å²) in [6, 6.07) is 9.43. The van der Waals surface area contributed by atoms with Gasteiger partial charge in [-0.15, -0.1) is 0 Å². The van der Waals surface area contributed by atoms with Crippen molar-refractivity contribution >= 4 is 0 Å². The molecule has 0 fully saturated rings. The quantitative estimate of drug-likeness (QED) is 0.800. The van der Waals surface area contributed by atoms with Crippen molar-refractivity contribution < 1.29 is 4.74 Å². The molecule has 2 aromatic rings. The third-order valence-corrected chi connectivity index (χ3v) is 2.09. The van der Waals surface area contributed by atoms with Gasteiger partial charge in [0.05, 0.1) is 6.61 Å². The number of benzene rings is 1. The van der Waals surface area contributed by atoms with Crippen LogP contribution in [0.4, 0.5) is 0 Å². The van der Waals surface area contributed by atoms with Gasteiger partial charge in [-0.3, -0.25) is 15.0 Å². The Kier molecular flexibility index (Phi) is 2.58. The van der Waals surface area contributed by atoms with E-state index < -0.39 is 0 Å². The van der Waals surface area contributed by atoms with Gasteiger partial charge in [0.2, 0.25) is 5.88 Å². The minimum Gasteiger partial charge on any atom is -0.478 e. The summed E-state index contributed by atoms with van der Waals surface area (Å²) in [6.07, 6.45) is 0. The van der Waals surface area contributed by atoms with E-state index in [2.05, 4.69) is 10.2 Å². The Morgan fingerprint density at radius 1 is 1.20 bits per heavy atom. The summed E-state index contributed by atoms with van der Waals surface area (Å²) >= 11 is 0. The standard InChI is InChI=1S/C11H12N2O2/c1-2-15-11-9(10(14)12-13-11)8-6-4-3-5-7-8/h3-7H,2H2,1H3,(H2,12,13,14). The summed E-state index contributed by atoms with van der Waals surface area (Å²) in [5, 5.41) is 5.23. The molecule has 1 aromatic heterocycles. The summed E-state index contributed by atoms with van der Waals surface area (Å²) in [7, 11) is 0. The molecule has 0 unspecified atom stereocenters. The van der Waals surface area contributed by atoms with E-state index in [9.17, 15) is 4.79 Å². The average molecular weight is 204 g/mol. The third-order valence-electron chi connectivity index (χ3n) is 2.09. The highest BCUT2D eigenvalue weighted by Crippen LogP contribution is 2.23. The number of aromatic nitrogens is 2. The fourth-order valence-electron chi connectivity index (χ4n) is 1.46. The normalized spacial score (nSPS) is 10.2. The predicted molar refractivity (Wildman–Crippen MR) is 58.0 cm³/mol. The zero-order valence-corrected chi connectivity index (χ0v) is 8.41. The molecule has 1 heterocycles. The van der Waals surface area contributed by atoms with Crippen LogP contribution in [-0.4, -0.2) is 16.8 Å². The number of aromatic amines is 2. The number of rotatable bonds is 3. The van der Waals surface area contributed by atoms with Crippen molar-refractivity contribution in [2.45, 2.75) is 6.92 Å². The molecule has 0 spiro atoms. The summed E-state index contributed by atoms with van der Waals surface area (Å²) in [6.45, 7) is 2.40. The molecule has 15 heavy (non-hydrogen) atoms. The van der Waals surface area contributed by atoms with Gasteiger partial charge in [0.15, 0.2) is 0 Å². The summed E-state index contributed by atoms with van der Waals surface area (Å²) in [5.41, 5.74) is 1.24. The first-order valence-electron chi connectivity index (χ1n) is 4.81. The minimum atomic E-state index is -0.162. The predicted octanol–water partition coefficient (Wildman–Crippen LogP) is 1.77. The summed E-state index contributed by atoms with van der Waals surface area (Å²) in [5.74, 6) is 0.494. The lowest BCUT2D eigenvalue weighted by atomic mass is 10.1. The van der Waals surface area contributed by atoms with Crippen LogP contribution in [0.2, 0.25) is 0 Å². The van der Waals surface area contributed by atoms with E-state index in [0.717, 1.165) is 5.56 Å². The molecule has 4 heteroatoms. The minimum absolute atomic E-state index is 0.162. The molecule has 78 valence electrons. The van der Waals surface area contributed by atoms with E-state index in [-0.39, 0.29) is 5.56 Å². The maximum atomic E-state index is 11.5. The van der Waals surface area contributed by atoms with Crippen molar-refractivity contribution in [3.8, 4) is 17.0 Å². The SMILES string of the molecule is CCOc1[nH][nH]c(=O)c1-c1ccccc1. The van der Waals surface area contributed by atoms with Crippen LogP contribution in [0.25, 0.3) is 11.1 Å². The van der Waals surface area contributed by atoms with E-state index in [1.165, 1.54) is 0 Å². The maximum Gasteiger partial charge on any atom is 0.275 e. The zero-order chi connectivity index (χ0) is 10.7. The fraction of sp³-hybridized carbons (Fsp3) is 0.182. The Labute approximate surface area is 86.9 Å². The molecule has 4 nitrogen and oxygen atoms in total. The Morgan fingerprint density at radius 2 is 1.93 bits per heavy atom. The van der Waals surface area contributed by atoms with Gasteiger partial charge in [-0.1, -0.05) is 30.3 Å². The molecule has 0 atom stereocenters. The number of ether oxygens (including phenoxy) is 1. The van der Waals surface area contributed by atoms with Crippen LogP contribution in [0.3, 0.4) is 0 Å². The van der Waals surface area contributed by atoms with Crippen molar-refractivity contribution in [2.75, 3.05) is 6.61 Å². The first-order valence-corrected chi connectivity index (χ1v) is 4.81. The molecule has 0 aliphatic heterocycles. The fourth-order valence-corrected chi connectivity index (χ4v) is 1.46. The Morgan fingerprint density at radius 3 is 2.60 bits per heavy atom. The Balaban J connectivity index is 2.52. The van der Waals surface area contributed by atoms with Gasteiger partial charge in [0.1, 0.15) is 5.56 Å². The van der Waals surface area contributed by atoms with Gasteiger partial charge >= 0.3 is 0 Å². The van der Waals surface area contributed by atoms with Crippen molar-refractivity contribution in [1.82, 2.24) is 10.2 Å². The van der Waals surface area contributed by atoms with Gasteiger partial charge in [-0.05, 0) is 12.5 Å². The highest BCUT2D eigenvalue weighted by molar-refractivity contribution is 5.67. The van der Waals surface area contributed by atoms with Crippen LogP contribution in [0.1, 0.15) is 6.92 Å². The molecule has 0 bridgehead atoms. The van der Waals surface area contributed by atoms with Gasteiger partial charge in [-0.25, -0.2) is 0 Å². The van der Waals surface area contributed by atoms with E-state index >= 15 is 0 Å². The summed E-state index contributed by atoms with van der Waals surface area (Å²) < 4.78 is 5.33. The van der Waals surface area contributed by atoms with Gasteiger partial charge < -0.3 is 4.74 Å². The zero-order valence-electron chi connectivity index (χ0n) is 8.41.